The summed E-state index contributed by atoms with van der Waals surface area (Å²) in [5, 5.41) is 0. The standard InChI is InChI=1S/C17H25NO2/c1-3-11-18(13-19)17-10-5-4-9-16(17)14-7-6-8-15(12-14)20-2/h6-8,12-13,16-17H,3-5,9-11H2,1-2H3/t16-,17-/m0/s1. The summed E-state index contributed by atoms with van der Waals surface area (Å²) in [6.07, 6.45) is 6.79. The van der Waals surface area contributed by atoms with Gasteiger partial charge in [0.05, 0.1) is 7.11 Å². The van der Waals surface area contributed by atoms with E-state index in [1.807, 2.05) is 17.0 Å². The normalized spacial score (nSPS) is 22.3. The van der Waals surface area contributed by atoms with Gasteiger partial charge in [-0.25, -0.2) is 0 Å². The number of hydrogen-bond donors (Lipinski definition) is 0. The molecule has 1 aromatic carbocycles. The number of carbonyl (C=O) groups excluding carboxylic acids is 1. The first kappa shape index (κ1) is 14.9. The van der Waals surface area contributed by atoms with E-state index in [4.69, 9.17) is 4.74 Å². The molecule has 3 nitrogen and oxygen atoms in total. The molecule has 1 aliphatic rings. The zero-order chi connectivity index (χ0) is 14.4. The van der Waals surface area contributed by atoms with Crippen LogP contribution in [0.15, 0.2) is 24.3 Å². The minimum absolute atomic E-state index is 0.341. The van der Waals surface area contributed by atoms with E-state index in [1.165, 1.54) is 18.4 Å². The fraction of sp³-hybridized carbons (Fsp3) is 0.588. The highest BCUT2D eigenvalue weighted by atomic mass is 16.5. The molecule has 0 spiro atoms. The van der Waals surface area contributed by atoms with E-state index in [2.05, 4.69) is 19.1 Å². The first-order chi connectivity index (χ1) is 9.80. The third kappa shape index (κ3) is 3.33. The predicted molar refractivity (Wildman–Crippen MR) is 81.1 cm³/mol. The van der Waals surface area contributed by atoms with Gasteiger partial charge in [-0.3, -0.25) is 4.79 Å². The second-order valence-electron chi connectivity index (χ2n) is 5.58. The van der Waals surface area contributed by atoms with Crippen molar-refractivity contribution in [1.82, 2.24) is 4.90 Å². The lowest BCUT2D eigenvalue weighted by atomic mass is 9.79. The molecule has 0 unspecified atom stereocenters. The monoisotopic (exact) mass is 275 g/mol. The average molecular weight is 275 g/mol. The molecule has 1 amide bonds. The Balaban J connectivity index is 2.23. The maximum Gasteiger partial charge on any atom is 0.209 e. The van der Waals surface area contributed by atoms with Crippen LogP contribution in [0.25, 0.3) is 0 Å². The summed E-state index contributed by atoms with van der Waals surface area (Å²) in [6.45, 7) is 2.98. The highest BCUT2D eigenvalue weighted by molar-refractivity contribution is 5.48. The molecule has 1 fully saturated rings. The summed E-state index contributed by atoms with van der Waals surface area (Å²) in [6, 6.07) is 8.65. The third-order valence-corrected chi connectivity index (χ3v) is 4.29. The number of amides is 1. The molecule has 2 atom stereocenters. The first-order valence-electron chi connectivity index (χ1n) is 7.65. The van der Waals surface area contributed by atoms with Gasteiger partial charge in [0, 0.05) is 18.5 Å². The SMILES string of the molecule is CCCN(C=O)[C@H]1CCCC[C@H]1c1cccc(OC)c1. The van der Waals surface area contributed by atoms with Gasteiger partial charge < -0.3 is 9.64 Å². The van der Waals surface area contributed by atoms with Crippen LogP contribution in [-0.4, -0.2) is 31.0 Å². The van der Waals surface area contributed by atoms with Gasteiger partial charge >= 0.3 is 0 Å². The predicted octanol–water partition coefficient (Wildman–Crippen LogP) is 3.59. The van der Waals surface area contributed by atoms with E-state index in [0.717, 1.165) is 38.0 Å². The Morgan fingerprint density at radius 3 is 2.85 bits per heavy atom. The summed E-state index contributed by atoms with van der Waals surface area (Å²) in [5.74, 6) is 1.34. The molecule has 3 heteroatoms. The van der Waals surface area contributed by atoms with Crippen molar-refractivity contribution in [1.29, 1.82) is 0 Å². The van der Waals surface area contributed by atoms with Crippen molar-refractivity contribution >= 4 is 6.41 Å². The summed E-state index contributed by atoms with van der Waals surface area (Å²) in [5.41, 5.74) is 1.30. The van der Waals surface area contributed by atoms with Crippen LogP contribution in [0.1, 0.15) is 50.5 Å². The van der Waals surface area contributed by atoms with Gasteiger partial charge in [0.25, 0.3) is 0 Å². The maximum absolute atomic E-state index is 11.4. The Kier molecular flexibility index (Phi) is 5.45. The number of ether oxygens (including phenoxy) is 1. The quantitative estimate of drug-likeness (QED) is 0.743. The third-order valence-electron chi connectivity index (χ3n) is 4.29. The van der Waals surface area contributed by atoms with E-state index in [0.29, 0.717) is 12.0 Å². The number of rotatable bonds is 6. The zero-order valence-electron chi connectivity index (χ0n) is 12.5. The van der Waals surface area contributed by atoms with E-state index in [1.54, 1.807) is 7.11 Å². The van der Waals surface area contributed by atoms with Crippen LogP contribution >= 0.6 is 0 Å². The van der Waals surface area contributed by atoms with Crippen LogP contribution in [0.4, 0.5) is 0 Å². The minimum atomic E-state index is 0.341. The molecule has 0 heterocycles. The van der Waals surface area contributed by atoms with Crippen LogP contribution < -0.4 is 4.74 Å². The maximum atomic E-state index is 11.4. The van der Waals surface area contributed by atoms with Gasteiger partial charge in [-0.1, -0.05) is 31.9 Å². The van der Waals surface area contributed by atoms with Crippen molar-refractivity contribution in [2.75, 3.05) is 13.7 Å². The van der Waals surface area contributed by atoms with Gasteiger partial charge in [-0.2, -0.15) is 0 Å². The molecular weight excluding hydrogens is 250 g/mol. The van der Waals surface area contributed by atoms with Crippen molar-refractivity contribution in [3.8, 4) is 5.75 Å². The molecule has 0 saturated heterocycles. The fourth-order valence-electron chi connectivity index (χ4n) is 3.32. The number of carbonyl (C=O) groups is 1. The van der Waals surface area contributed by atoms with Crippen LogP contribution in [0.3, 0.4) is 0 Å². The fourth-order valence-corrected chi connectivity index (χ4v) is 3.32. The van der Waals surface area contributed by atoms with Crippen molar-refractivity contribution in [2.45, 2.75) is 51.0 Å². The largest absolute Gasteiger partial charge is 0.497 e. The van der Waals surface area contributed by atoms with E-state index >= 15 is 0 Å². The van der Waals surface area contributed by atoms with Gasteiger partial charge in [0.2, 0.25) is 6.41 Å². The van der Waals surface area contributed by atoms with Crippen LogP contribution in [0.5, 0.6) is 5.75 Å². The van der Waals surface area contributed by atoms with Crippen molar-refractivity contribution < 1.29 is 9.53 Å². The lowest BCUT2D eigenvalue weighted by Gasteiger charge is -2.38. The van der Waals surface area contributed by atoms with Gasteiger partial charge in [-0.05, 0) is 37.0 Å². The minimum Gasteiger partial charge on any atom is -0.497 e. The van der Waals surface area contributed by atoms with E-state index < -0.39 is 0 Å². The lowest BCUT2D eigenvalue weighted by Crippen LogP contribution is -2.41. The van der Waals surface area contributed by atoms with Crippen molar-refractivity contribution in [3.63, 3.8) is 0 Å². The molecule has 1 aliphatic carbocycles. The molecular formula is C17H25NO2. The summed E-state index contributed by atoms with van der Waals surface area (Å²) < 4.78 is 5.33. The van der Waals surface area contributed by atoms with Crippen LogP contribution in [-0.2, 0) is 4.79 Å². The zero-order valence-corrected chi connectivity index (χ0v) is 12.5. The Morgan fingerprint density at radius 1 is 1.35 bits per heavy atom. The molecule has 0 aromatic heterocycles. The highest BCUT2D eigenvalue weighted by Gasteiger charge is 2.30. The van der Waals surface area contributed by atoms with Gasteiger partial charge in [0.15, 0.2) is 0 Å². The van der Waals surface area contributed by atoms with E-state index in [-0.39, 0.29) is 0 Å². The second-order valence-corrected chi connectivity index (χ2v) is 5.58. The van der Waals surface area contributed by atoms with Crippen molar-refractivity contribution in [3.05, 3.63) is 29.8 Å². The van der Waals surface area contributed by atoms with Crippen molar-refractivity contribution in [2.24, 2.45) is 0 Å². The lowest BCUT2D eigenvalue weighted by molar-refractivity contribution is -0.121. The number of nitrogens with zero attached hydrogens (tertiary/aromatic N) is 1. The summed E-state index contributed by atoms with van der Waals surface area (Å²) in [7, 11) is 1.70. The molecule has 110 valence electrons. The molecule has 0 aliphatic heterocycles. The van der Waals surface area contributed by atoms with Crippen LogP contribution in [0, 0.1) is 0 Å². The first-order valence-corrected chi connectivity index (χ1v) is 7.65. The topological polar surface area (TPSA) is 29.5 Å². The molecule has 0 radical (unpaired) electrons. The highest BCUT2D eigenvalue weighted by Crippen LogP contribution is 2.36. The van der Waals surface area contributed by atoms with E-state index in [9.17, 15) is 4.79 Å². The molecule has 1 saturated carbocycles. The Bertz CT molecular complexity index is 433. The summed E-state index contributed by atoms with van der Waals surface area (Å²) in [4.78, 5) is 13.4. The smallest absolute Gasteiger partial charge is 0.209 e. The molecule has 2 rings (SSSR count). The average Bonchev–Trinajstić information content (AvgIpc) is 2.52. The van der Waals surface area contributed by atoms with Gasteiger partial charge in [0.1, 0.15) is 5.75 Å². The Morgan fingerprint density at radius 2 is 2.15 bits per heavy atom. The molecule has 0 N–H and O–H groups in total. The number of methoxy groups -OCH3 is 1. The van der Waals surface area contributed by atoms with Gasteiger partial charge in [-0.15, -0.1) is 0 Å². The molecule has 20 heavy (non-hydrogen) atoms. The number of hydrogen-bond acceptors (Lipinski definition) is 2. The molecule has 1 aromatic rings. The van der Waals surface area contributed by atoms with Crippen LogP contribution in [0.2, 0.25) is 0 Å². The molecule has 0 bridgehead atoms. The summed E-state index contributed by atoms with van der Waals surface area (Å²) >= 11 is 0. The Hall–Kier alpha value is -1.51. The number of benzene rings is 1. The second kappa shape index (κ2) is 7.32. The Labute approximate surface area is 121 Å².